The smallest absolute Gasteiger partial charge is 0.280 e. The van der Waals surface area contributed by atoms with Gasteiger partial charge in [-0.25, -0.2) is 4.98 Å². The van der Waals surface area contributed by atoms with E-state index in [1.54, 1.807) is 11.3 Å². The van der Waals surface area contributed by atoms with E-state index in [-0.39, 0.29) is 5.91 Å². The maximum Gasteiger partial charge on any atom is 0.280 e. The number of anilines is 1. The molecule has 0 bridgehead atoms. The van der Waals surface area contributed by atoms with Crippen LogP contribution in [0, 0.1) is 0 Å². The Morgan fingerprint density at radius 3 is 2.94 bits per heavy atom. The fourth-order valence-corrected chi connectivity index (χ4v) is 3.34. The average molecular weight is 265 g/mol. The molecule has 0 atom stereocenters. The minimum absolute atomic E-state index is 0.0145. The van der Waals surface area contributed by atoms with E-state index in [4.69, 9.17) is 0 Å². The molecule has 18 heavy (non-hydrogen) atoms. The van der Waals surface area contributed by atoms with Crippen LogP contribution >= 0.6 is 11.3 Å². The highest BCUT2D eigenvalue weighted by molar-refractivity contribution is 7.14. The summed E-state index contributed by atoms with van der Waals surface area (Å²) in [4.78, 5) is 20.2. The highest BCUT2D eigenvalue weighted by atomic mass is 32.1. The molecule has 2 heterocycles. The monoisotopic (exact) mass is 265 g/mol. The van der Waals surface area contributed by atoms with Gasteiger partial charge in [0.15, 0.2) is 5.01 Å². The zero-order valence-electron chi connectivity index (χ0n) is 10.9. The number of thiazole rings is 1. The first-order chi connectivity index (χ1) is 8.65. The van der Waals surface area contributed by atoms with Crippen molar-refractivity contribution in [3.8, 4) is 0 Å². The van der Waals surface area contributed by atoms with Crippen molar-refractivity contribution in [3.05, 3.63) is 9.88 Å². The second-order valence-electron chi connectivity index (χ2n) is 5.40. The minimum Gasteiger partial charge on any atom is -0.353 e. The Hall–Kier alpha value is -1.10. The summed E-state index contributed by atoms with van der Waals surface area (Å²) in [6, 6.07) is 0.852. The van der Waals surface area contributed by atoms with Crippen molar-refractivity contribution in [2.24, 2.45) is 0 Å². The Morgan fingerprint density at radius 2 is 2.28 bits per heavy atom. The van der Waals surface area contributed by atoms with Crippen molar-refractivity contribution in [2.75, 3.05) is 11.4 Å². The van der Waals surface area contributed by atoms with Gasteiger partial charge in [-0.05, 0) is 39.5 Å². The maximum atomic E-state index is 12.0. The molecule has 2 aliphatic rings. The van der Waals surface area contributed by atoms with E-state index in [0.717, 1.165) is 38.0 Å². The maximum absolute atomic E-state index is 12.0. The van der Waals surface area contributed by atoms with Crippen LogP contribution in [-0.4, -0.2) is 29.5 Å². The van der Waals surface area contributed by atoms with E-state index in [0.29, 0.717) is 17.1 Å². The highest BCUT2D eigenvalue weighted by Crippen LogP contribution is 2.33. The van der Waals surface area contributed by atoms with Crippen LogP contribution in [0.2, 0.25) is 0 Å². The first kappa shape index (κ1) is 12.0. The lowest BCUT2D eigenvalue weighted by molar-refractivity contribution is 0.0950. The van der Waals surface area contributed by atoms with Gasteiger partial charge in [-0.1, -0.05) is 0 Å². The van der Waals surface area contributed by atoms with Gasteiger partial charge in [0.1, 0.15) is 5.82 Å². The van der Waals surface area contributed by atoms with Gasteiger partial charge < -0.3 is 10.2 Å². The lowest BCUT2D eigenvalue weighted by Gasteiger charge is -2.31. The average Bonchev–Trinajstić information content (AvgIpc) is 3.04. The molecule has 4 nitrogen and oxygen atoms in total. The molecule has 1 fully saturated rings. The second-order valence-corrected chi connectivity index (χ2v) is 6.49. The standard InChI is InChI=1S/C13H19N3OS/c1-8(2)16-7-3-4-10-11(16)15-13(18-10)12(17)14-9-5-6-9/h8-9H,3-7H2,1-2H3,(H,14,17). The third-order valence-corrected chi connectivity index (χ3v) is 4.58. The molecule has 0 radical (unpaired) electrons. The van der Waals surface area contributed by atoms with E-state index in [9.17, 15) is 4.79 Å². The molecule has 1 saturated carbocycles. The van der Waals surface area contributed by atoms with Crippen LogP contribution in [0.3, 0.4) is 0 Å². The van der Waals surface area contributed by atoms with Crippen LogP contribution in [0.5, 0.6) is 0 Å². The molecule has 0 aromatic carbocycles. The third-order valence-electron chi connectivity index (χ3n) is 3.48. The van der Waals surface area contributed by atoms with E-state index in [1.807, 2.05) is 0 Å². The molecule has 1 aliphatic carbocycles. The molecular formula is C13H19N3OS. The molecule has 0 saturated heterocycles. The zero-order valence-corrected chi connectivity index (χ0v) is 11.7. The molecule has 98 valence electrons. The number of aromatic nitrogens is 1. The molecular weight excluding hydrogens is 246 g/mol. The number of hydrogen-bond acceptors (Lipinski definition) is 4. The fourth-order valence-electron chi connectivity index (χ4n) is 2.32. The molecule has 1 N–H and O–H groups in total. The Balaban J connectivity index is 1.83. The van der Waals surface area contributed by atoms with Gasteiger partial charge in [0.25, 0.3) is 5.91 Å². The Labute approximate surface area is 111 Å². The predicted octanol–water partition coefficient (Wildman–Crippen LogP) is 2.20. The van der Waals surface area contributed by atoms with E-state index >= 15 is 0 Å². The molecule has 5 heteroatoms. The first-order valence-corrected chi connectivity index (χ1v) is 7.54. The summed E-state index contributed by atoms with van der Waals surface area (Å²) in [5.74, 6) is 1.06. The van der Waals surface area contributed by atoms with Gasteiger partial charge in [0, 0.05) is 23.5 Å². The highest BCUT2D eigenvalue weighted by Gasteiger charge is 2.28. The summed E-state index contributed by atoms with van der Waals surface area (Å²) in [6.45, 7) is 5.41. The molecule has 3 rings (SSSR count). The van der Waals surface area contributed by atoms with Crippen molar-refractivity contribution in [1.82, 2.24) is 10.3 Å². The fraction of sp³-hybridized carbons (Fsp3) is 0.692. The number of nitrogens with one attached hydrogen (secondary N) is 1. The summed E-state index contributed by atoms with van der Waals surface area (Å²) < 4.78 is 0. The van der Waals surface area contributed by atoms with Gasteiger partial charge in [0.05, 0.1) is 0 Å². The molecule has 1 amide bonds. The summed E-state index contributed by atoms with van der Waals surface area (Å²) in [6.07, 6.45) is 4.47. The van der Waals surface area contributed by atoms with E-state index in [1.165, 1.54) is 4.88 Å². The number of nitrogens with zero attached hydrogens (tertiary/aromatic N) is 2. The van der Waals surface area contributed by atoms with Crippen molar-refractivity contribution in [3.63, 3.8) is 0 Å². The minimum atomic E-state index is 0.0145. The quantitative estimate of drug-likeness (QED) is 0.911. The van der Waals surface area contributed by atoms with Crippen LogP contribution in [0.25, 0.3) is 0 Å². The molecule has 1 aliphatic heterocycles. The Morgan fingerprint density at radius 1 is 1.50 bits per heavy atom. The summed E-state index contributed by atoms with van der Waals surface area (Å²) in [5.41, 5.74) is 0. The van der Waals surface area contributed by atoms with Gasteiger partial charge in [0.2, 0.25) is 0 Å². The van der Waals surface area contributed by atoms with Crippen molar-refractivity contribution in [1.29, 1.82) is 0 Å². The van der Waals surface area contributed by atoms with Crippen molar-refractivity contribution < 1.29 is 4.79 Å². The zero-order chi connectivity index (χ0) is 12.7. The van der Waals surface area contributed by atoms with Gasteiger partial charge in [-0.15, -0.1) is 11.3 Å². The third kappa shape index (κ3) is 2.23. The van der Waals surface area contributed by atoms with Gasteiger partial charge in [-0.3, -0.25) is 4.79 Å². The second kappa shape index (κ2) is 4.53. The summed E-state index contributed by atoms with van der Waals surface area (Å²) >= 11 is 1.57. The SMILES string of the molecule is CC(C)N1CCCc2sc(C(=O)NC3CC3)nc21. The van der Waals surface area contributed by atoms with E-state index in [2.05, 4.69) is 29.0 Å². The first-order valence-electron chi connectivity index (χ1n) is 6.72. The summed E-state index contributed by atoms with van der Waals surface area (Å²) in [5, 5.41) is 3.65. The van der Waals surface area contributed by atoms with Gasteiger partial charge in [-0.2, -0.15) is 0 Å². The number of carbonyl (C=O) groups excluding carboxylic acids is 1. The van der Waals surface area contributed by atoms with Crippen LogP contribution in [0.4, 0.5) is 5.82 Å². The van der Waals surface area contributed by atoms with Crippen molar-refractivity contribution in [2.45, 2.75) is 51.6 Å². The van der Waals surface area contributed by atoms with Crippen LogP contribution in [-0.2, 0) is 6.42 Å². The number of carbonyl (C=O) groups is 1. The lowest BCUT2D eigenvalue weighted by Crippen LogP contribution is -2.35. The van der Waals surface area contributed by atoms with Crippen molar-refractivity contribution >= 4 is 23.1 Å². The number of fused-ring (bicyclic) bond motifs is 1. The predicted molar refractivity (Wildman–Crippen MR) is 73.4 cm³/mol. The topological polar surface area (TPSA) is 45.2 Å². The van der Waals surface area contributed by atoms with Crippen LogP contribution in [0.15, 0.2) is 0 Å². The number of aryl methyl sites for hydroxylation is 1. The number of rotatable bonds is 3. The Kier molecular flexibility index (Phi) is 3.01. The molecule has 0 spiro atoms. The number of hydrogen-bond donors (Lipinski definition) is 1. The number of amides is 1. The van der Waals surface area contributed by atoms with Crippen LogP contribution < -0.4 is 10.2 Å². The molecule has 1 aromatic heterocycles. The van der Waals surface area contributed by atoms with E-state index < -0.39 is 0 Å². The normalized spacial score (nSPS) is 18.9. The largest absolute Gasteiger partial charge is 0.353 e. The molecule has 0 unspecified atom stereocenters. The van der Waals surface area contributed by atoms with Gasteiger partial charge >= 0.3 is 0 Å². The Bertz CT molecular complexity index is 465. The summed E-state index contributed by atoms with van der Waals surface area (Å²) in [7, 11) is 0. The van der Waals surface area contributed by atoms with Crippen LogP contribution in [0.1, 0.15) is 47.8 Å². The molecule has 1 aromatic rings. The lowest BCUT2D eigenvalue weighted by atomic mass is 10.1.